The molecule has 1 aromatic rings. The zero-order valence-electron chi connectivity index (χ0n) is 18.4. The highest BCUT2D eigenvalue weighted by Gasteiger charge is 2.25. The van der Waals surface area contributed by atoms with Crippen molar-refractivity contribution >= 4 is 18.1 Å². The van der Waals surface area contributed by atoms with E-state index in [9.17, 15) is 0 Å². The van der Waals surface area contributed by atoms with Gasteiger partial charge in [-0.1, -0.05) is 31.4 Å². The molecule has 0 radical (unpaired) electrons. The zero-order chi connectivity index (χ0) is 20.8. The second-order valence-electron chi connectivity index (χ2n) is 9.38. The van der Waals surface area contributed by atoms with Crippen LogP contribution in [0.25, 0.3) is 0 Å². The monoisotopic (exact) mass is 406 g/mol. The zero-order valence-corrected chi connectivity index (χ0v) is 18.4. The second kappa shape index (κ2) is 10.3. The molecule has 2 aliphatic heterocycles. The number of nitrogens with zero attached hydrogens (tertiary/aromatic N) is 3. The minimum atomic E-state index is 0.572. The van der Waals surface area contributed by atoms with Gasteiger partial charge < -0.3 is 10.6 Å². The predicted molar refractivity (Wildman–Crippen MR) is 129 cm³/mol. The second-order valence-corrected chi connectivity index (χ2v) is 9.38. The average Bonchev–Trinajstić information content (AvgIpc) is 2.81. The Morgan fingerprint density at radius 1 is 0.933 bits per heavy atom. The van der Waals surface area contributed by atoms with E-state index in [2.05, 4.69) is 51.9 Å². The van der Waals surface area contributed by atoms with Gasteiger partial charge in [-0.25, -0.2) is 0 Å². The third-order valence-electron chi connectivity index (χ3n) is 7.46. The Hall–Kier alpha value is -2.07. The third-order valence-corrected chi connectivity index (χ3v) is 7.46. The van der Waals surface area contributed by atoms with Gasteiger partial charge in [-0.15, -0.1) is 0 Å². The summed E-state index contributed by atoms with van der Waals surface area (Å²) in [6.07, 6.45) is 17.4. The van der Waals surface area contributed by atoms with Gasteiger partial charge in [-0.3, -0.25) is 9.89 Å². The Balaban J connectivity index is 1.10. The Labute approximate surface area is 182 Å². The number of rotatable bonds is 7. The van der Waals surface area contributed by atoms with Gasteiger partial charge >= 0.3 is 0 Å². The maximum atomic E-state index is 5.82. The van der Waals surface area contributed by atoms with Gasteiger partial charge in [-0.2, -0.15) is 0 Å². The van der Waals surface area contributed by atoms with Crippen molar-refractivity contribution in [3.05, 3.63) is 48.2 Å². The van der Waals surface area contributed by atoms with Crippen molar-refractivity contribution in [2.24, 2.45) is 16.8 Å². The summed E-state index contributed by atoms with van der Waals surface area (Å²) in [7, 11) is 0. The van der Waals surface area contributed by atoms with E-state index in [1.807, 2.05) is 12.1 Å². The molecule has 1 atom stereocenters. The van der Waals surface area contributed by atoms with E-state index < -0.39 is 0 Å². The first-order valence-corrected chi connectivity index (χ1v) is 11.9. The standard InChI is InChI=1S/C26H38N4/c1-28-24-7-11-26(12-8-24)30-19-15-22(16-20-30)4-2-3-21-13-17-29(18-14-21)25-9-5-23(27)6-10-25/h5-11,21-22,26H,1-4,12-20,27H2. The van der Waals surface area contributed by atoms with Crippen LogP contribution >= 0.6 is 0 Å². The first-order valence-electron chi connectivity index (χ1n) is 11.9. The molecule has 0 amide bonds. The molecular weight excluding hydrogens is 368 g/mol. The summed E-state index contributed by atoms with van der Waals surface area (Å²) >= 11 is 0. The fourth-order valence-corrected chi connectivity index (χ4v) is 5.42. The number of anilines is 2. The first kappa shape index (κ1) is 21.2. The van der Waals surface area contributed by atoms with Crippen LogP contribution in [0.1, 0.15) is 51.4 Å². The molecule has 2 saturated heterocycles. The molecule has 0 saturated carbocycles. The molecule has 2 N–H and O–H groups in total. The fourth-order valence-electron chi connectivity index (χ4n) is 5.42. The van der Waals surface area contributed by atoms with Gasteiger partial charge in [0.2, 0.25) is 0 Å². The lowest BCUT2D eigenvalue weighted by molar-refractivity contribution is 0.147. The van der Waals surface area contributed by atoms with Crippen molar-refractivity contribution in [2.75, 3.05) is 36.8 Å². The highest BCUT2D eigenvalue weighted by molar-refractivity contribution is 5.53. The molecule has 30 heavy (non-hydrogen) atoms. The molecule has 1 unspecified atom stereocenters. The number of hydrogen-bond donors (Lipinski definition) is 1. The SMILES string of the molecule is C=NC1=CCC(N2CCC(CCCC3CCN(c4ccc(N)cc4)CC3)CC2)C=C1. The smallest absolute Gasteiger partial charge is 0.0580 e. The Morgan fingerprint density at radius 2 is 1.57 bits per heavy atom. The van der Waals surface area contributed by atoms with Crippen LogP contribution in [0.5, 0.6) is 0 Å². The largest absolute Gasteiger partial charge is 0.399 e. The Kier molecular flexibility index (Phi) is 7.27. The van der Waals surface area contributed by atoms with Gasteiger partial charge in [-0.05, 0) is 94.1 Å². The number of likely N-dealkylation sites (tertiary alicyclic amines) is 1. The summed E-state index contributed by atoms with van der Waals surface area (Å²) in [5.74, 6) is 1.85. The van der Waals surface area contributed by atoms with Crippen LogP contribution in [0.4, 0.5) is 11.4 Å². The molecule has 2 heterocycles. The van der Waals surface area contributed by atoms with Crippen LogP contribution < -0.4 is 10.6 Å². The predicted octanol–water partition coefficient (Wildman–Crippen LogP) is 5.28. The summed E-state index contributed by atoms with van der Waals surface area (Å²) in [5.41, 5.74) is 9.03. The number of nitrogen functional groups attached to an aromatic ring is 1. The van der Waals surface area contributed by atoms with E-state index >= 15 is 0 Å². The molecule has 0 bridgehead atoms. The van der Waals surface area contributed by atoms with Crippen molar-refractivity contribution < 1.29 is 0 Å². The molecule has 1 aromatic carbocycles. The molecule has 3 aliphatic rings. The normalized spacial score (nSPS) is 24.1. The Morgan fingerprint density at radius 3 is 2.13 bits per heavy atom. The molecule has 4 nitrogen and oxygen atoms in total. The van der Waals surface area contributed by atoms with E-state index in [1.165, 1.54) is 76.8 Å². The molecule has 0 spiro atoms. The number of piperidine rings is 2. The van der Waals surface area contributed by atoms with Crippen LogP contribution in [0.15, 0.2) is 53.2 Å². The van der Waals surface area contributed by atoms with Gasteiger partial charge in [0, 0.05) is 30.5 Å². The van der Waals surface area contributed by atoms with E-state index in [4.69, 9.17) is 5.73 Å². The molecule has 2 fully saturated rings. The molecule has 4 rings (SSSR count). The summed E-state index contributed by atoms with van der Waals surface area (Å²) < 4.78 is 0. The maximum Gasteiger partial charge on any atom is 0.0580 e. The van der Waals surface area contributed by atoms with E-state index in [1.54, 1.807) is 0 Å². The highest BCUT2D eigenvalue weighted by atomic mass is 15.2. The van der Waals surface area contributed by atoms with E-state index in [0.29, 0.717) is 6.04 Å². The van der Waals surface area contributed by atoms with Crippen molar-refractivity contribution in [1.82, 2.24) is 4.90 Å². The van der Waals surface area contributed by atoms with Gasteiger partial charge in [0.25, 0.3) is 0 Å². The van der Waals surface area contributed by atoms with Crippen molar-refractivity contribution in [1.29, 1.82) is 0 Å². The fraction of sp³-hybridized carbons (Fsp3) is 0.577. The lowest BCUT2D eigenvalue weighted by Gasteiger charge is -2.37. The van der Waals surface area contributed by atoms with E-state index in [0.717, 1.165) is 29.6 Å². The highest BCUT2D eigenvalue weighted by Crippen LogP contribution is 2.30. The van der Waals surface area contributed by atoms with Crippen molar-refractivity contribution in [3.63, 3.8) is 0 Å². The van der Waals surface area contributed by atoms with Crippen LogP contribution in [0.3, 0.4) is 0 Å². The summed E-state index contributed by atoms with van der Waals surface area (Å²) in [4.78, 5) is 9.22. The van der Waals surface area contributed by atoms with Crippen LogP contribution in [0.2, 0.25) is 0 Å². The topological polar surface area (TPSA) is 44.9 Å². The van der Waals surface area contributed by atoms with Gasteiger partial charge in [0.05, 0.1) is 5.70 Å². The van der Waals surface area contributed by atoms with Gasteiger partial charge in [0.1, 0.15) is 0 Å². The maximum absolute atomic E-state index is 5.82. The molecule has 1 aliphatic carbocycles. The van der Waals surface area contributed by atoms with E-state index in [-0.39, 0.29) is 0 Å². The average molecular weight is 407 g/mol. The van der Waals surface area contributed by atoms with Crippen molar-refractivity contribution in [2.45, 2.75) is 57.4 Å². The molecule has 0 aromatic heterocycles. The third kappa shape index (κ3) is 5.54. The quantitative estimate of drug-likeness (QED) is 0.495. The molecule has 4 heteroatoms. The number of benzene rings is 1. The van der Waals surface area contributed by atoms with Crippen LogP contribution in [-0.2, 0) is 0 Å². The lowest BCUT2D eigenvalue weighted by atomic mass is 9.86. The lowest BCUT2D eigenvalue weighted by Crippen LogP contribution is -2.40. The number of nitrogens with two attached hydrogens (primary N) is 1. The van der Waals surface area contributed by atoms with Crippen LogP contribution in [-0.4, -0.2) is 43.8 Å². The van der Waals surface area contributed by atoms with Gasteiger partial charge in [0.15, 0.2) is 0 Å². The molecule has 162 valence electrons. The summed E-state index contributed by atoms with van der Waals surface area (Å²) in [6.45, 7) is 8.52. The minimum absolute atomic E-state index is 0.572. The summed E-state index contributed by atoms with van der Waals surface area (Å²) in [6, 6.07) is 8.93. The Bertz CT molecular complexity index is 735. The number of hydrogen-bond acceptors (Lipinski definition) is 4. The van der Waals surface area contributed by atoms with Crippen LogP contribution in [0, 0.1) is 11.8 Å². The first-order chi connectivity index (χ1) is 14.7. The number of allylic oxidation sites excluding steroid dienone is 1. The summed E-state index contributed by atoms with van der Waals surface area (Å²) in [5, 5.41) is 0. The number of aliphatic imine (C=N–C) groups is 1. The molecular formula is C26H38N4. The minimum Gasteiger partial charge on any atom is -0.399 e. The van der Waals surface area contributed by atoms with Crippen molar-refractivity contribution in [3.8, 4) is 0 Å².